The monoisotopic (exact) mass is 262 g/mol. The summed E-state index contributed by atoms with van der Waals surface area (Å²) in [5.41, 5.74) is 7.59. The molecule has 1 aliphatic heterocycles. The summed E-state index contributed by atoms with van der Waals surface area (Å²) in [6, 6.07) is 2.00. The summed E-state index contributed by atoms with van der Waals surface area (Å²) in [4.78, 5) is 2.54. The Bertz CT molecular complexity index is 397. The molecule has 0 atom stereocenters. The van der Waals surface area contributed by atoms with Crippen molar-refractivity contribution in [1.82, 2.24) is 4.90 Å². The van der Waals surface area contributed by atoms with Gasteiger partial charge in [-0.15, -0.1) is 0 Å². The SMILES string of the molecule is NCc1ccoc1CN1CCC2(CCCCC2)CC1. The summed E-state index contributed by atoms with van der Waals surface area (Å²) >= 11 is 0. The predicted octanol–water partition coefficient (Wildman–Crippen LogP) is 3.28. The van der Waals surface area contributed by atoms with E-state index in [2.05, 4.69) is 4.90 Å². The molecule has 2 fully saturated rings. The molecule has 106 valence electrons. The van der Waals surface area contributed by atoms with Gasteiger partial charge in [0.2, 0.25) is 0 Å². The van der Waals surface area contributed by atoms with Crippen LogP contribution < -0.4 is 5.73 Å². The van der Waals surface area contributed by atoms with E-state index in [1.165, 1.54) is 58.0 Å². The maximum Gasteiger partial charge on any atom is 0.122 e. The van der Waals surface area contributed by atoms with Gasteiger partial charge in [0.1, 0.15) is 5.76 Å². The third-order valence-electron chi connectivity index (χ3n) is 5.26. The molecule has 1 aromatic rings. The van der Waals surface area contributed by atoms with Crippen molar-refractivity contribution in [1.29, 1.82) is 0 Å². The van der Waals surface area contributed by atoms with Crippen molar-refractivity contribution >= 4 is 0 Å². The number of likely N-dealkylation sites (tertiary alicyclic amines) is 1. The van der Waals surface area contributed by atoms with Crippen LogP contribution in [0, 0.1) is 5.41 Å². The van der Waals surface area contributed by atoms with Gasteiger partial charge < -0.3 is 10.2 Å². The van der Waals surface area contributed by atoms with Crippen LogP contribution in [0.1, 0.15) is 56.3 Å². The van der Waals surface area contributed by atoms with E-state index in [9.17, 15) is 0 Å². The fourth-order valence-electron chi connectivity index (χ4n) is 3.88. The summed E-state index contributed by atoms with van der Waals surface area (Å²) in [5, 5.41) is 0. The Morgan fingerprint density at radius 3 is 2.53 bits per heavy atom. The lowest BCUT2D eigenvalue weighted by Gasteiger charge is -2.44. The maximum absolute atomic E-state index is 5.73. The van der Waals surface area contributed by atoms with Crippen LogP contribution in [-0.2, 0) is 13.1 Å². The number of rotatable bonds is 3. The Hall–Kier alpha value is -0.800. The first-order chi connectivity index (χ1) is 9.31. The van der Waals surface area contributed by atoms with Crippen molar-refractivity contribution in [2.24, 2.45) is 11.1 Å². The Balaban J connectivity index is 1.55. The molecule has 19 heavy (non-hydrogen) atoms. The number of nitrogens with zero attached hydrogens (tertiary/aromatic N) is 1. The molecular weight excluding hydrogens is 236 g/mol. The summed E-state index contributed by atoms with van der Waals surface area (Å²) in [5.74, 6) is 1.07. The van der Waals surface area contributed by atoms with Crippen molar-refractivity contribution in [2.75, 3.05) is 13.1 Å². The van der Waals surface area contributed by atoms with E-state index >= 15 is 0 Å². The van der Waals surface area contributed by atoms with Crippen LogP contribution in [0.5, 0.6) is 0 Å². The molecule has 3 rings (SSSR count). The first-order valence-corrected chi connectivity index (χ1v) is 7.79. The van der Waals surface area contributed by atoms with Gasteiger partial charge in [0.05, 0.1) is 12.8 Å². The van der Waals surface area contributed by atoms with Crippen LogP contribution in [-0.4, -0.2) is 18.0 Å². The lowest BCUT2D eigenvalue weighted by molar-refractivity contribution is 0.0606. The molecule has 2 heterocycles. The van der Waals surface area contributed by atoms with Crippen LogP contribution in [0.3, 0.4) is 0 Å². The number of hydrogen-bond acceptors (Lipinski definition) is 3. The molecule has 2 aliphatic rings. The molecule has 0 unspecified atom stereocenters. The molecule has 1 spiro atoms. The van der Waals surface area contributed by atoms with Crippen molar-refractivity contribution in [2.45, 2.75) is 58.0 Å². The molecule has 0 amide bonds. The van der Waals surface area contributed by atoms with Crippen LogP contribution >= 0.6 is 0 Å². The molecule has 2 N–H and O–H groups in total. The van der Waals surface area contributed by atoms with Gasteiger partial charge in [-0.3, -0.25) is 4.90 Å². The summed E-state index contributed by atoms with van der Waals surface area (Å²) in [7, 11) is 0. The normalized spacial score (nSPS) is 23.8. The average Bonchev–Trinajstić information content (AvgIpc) is 2.90. The maximum atomic E-state index is 5.73. The van der Waals surface area contributed by atoms with Crippen molar-refractivity contribution in [3.05, 3.63) is 23.7 Å². The van der Waals surface area contributed by atoms with Crippen LogP contribution in [0.15, 0.2) is 16.7 Å². The van der Waals surface area contributed by atoms with Gasteiger partial charge in [-0.05, 0) is 50.3 Å². The molecule has 1 aromatic heterocycles. The average molecular weight is 262 g/mol. The molecule has 0 radical (unpaired) electrons. The molecule has 1 aliphatic carbocycles. The van der Waals surface area contributed by atoms with E-state index in [0.717, 1.165) is 17.9 Å². The van der Waals surface area contributed by atoms with Gasteiger partial charge >= 0.3 is 0 Å². The summed E-state index contributed by atoms with van der Waals surface area (Å²) in [6.45, 7) is 3.98. The highest BCUT2D eigenvalue weighted by molar-refractivity contribution is 5.16. The minimum Gasteiger partial charge on any atom is -0.468 e. The second kappa shape index (κ2) is 5.68. The van der Waals surface area contributed by atoms with Crippen molar-refractivity contribution in [3.8, 4) is 0 Å². The highest BCUT2D eigenvalue weighted by Gasteiger charge is 2.35. The van der Waals surface area contributed by atoms with Crippen molar-refractivity contribution < 1.29 is 4.42 Å². The van der Waals surface area contributed by atoms with E-state index in [0.29, 0.717) is 12.0 Å². The summed E-state index contributed by atoms with van der Waals surface area (Å²) in [6.07, 6.45) is 11.8. The Labute approximate surface area is 116 Å². The highest BCUT2D eigenvalue weighted by atomic mass is 16.3. The van der Waals surface area contributed by atoms with Gasteiger partial charge in [0.15, 0.2) is 0 Å². The van der Waals surface area contributed by atoms with Gasteiger partial charge in [0.25, 0.3) is 0 Å². The van der Waals surface area contributed by atoms with E-state index in [1.807, 2.05) is 6.07 Å². The Morgan fingerprint density at radius 2 is 1.84 bits per heavy atom. The minimum atomic E-state index is 0.587. The first-order valence-electron chi connectivity index (χ1n) is 7.79. The molecule has 3 nitrogen and oxygen atoms in total. The first kappa shape index (κ1) is 13.2. The third kappa shape index (κ3) is 2.87. The molecular formula is C16H26N2O. The standard InChI is InChI=1S/C16H26N2O/c17-12-14-4-11-19-15(14)13-18-9-7-16(8-10-18)5-2-1-3-6-16/h4,11H,1-3,5-10,12-13,17H2. The van der Waals surface area contributed by atoms with Gasteiger partial charge in [0, 0.05) is 12.1 Å². The fourth-order valence-corrected chi connectivity index (χ4v) is 3.88. The third-order valence-corrected chi connectivity index (χ3v) is 5.26. The molecule has 0 bridgehead atoms. The quantitative estimate of drug-likeness (QED) is 0.909. The van der Waals surface area contributed by atoms with Crippen LogP contribution in [0.25, 0.3) is 0 Å². The molecule has 0 aromatic carbocycles. The Morgan fingerprint density at radius 1 is 1.11 bits per heavy atom. The zero-order chi connectivity index (χ0) is 13.1. The lowest BCUT2D eigenvalue weighted by atomic mass is 9.68. The smallest absolute Gasteiger partial charge is 0.122 e. The lowest BCUT2D eigenvalue weighted by Crippen LogP contribution is -2.40. The number of nitrogens with two attached hydrogens (primary N) is 1. The molecule has 1 saturated heterocycles. The number of furan rings is 1. The number of piperidine rings is 1. The van der Waals surface area contributed by atoms with E-state index < -0.39 is 0 Å². The van der Waals surface area contributed by atoms with Gasteiger partial charge in [-0.1, -0.05) is 19.3 Å². The highest BCUT2D eigenvalue weighted by Crippen LogP contribution is 2.44. The molecule has 1 saturated carbocycles. The second-order valence-corrected chi connectivity index (χ2v) is 6.41. The predicted molar refractivity (Wildman–Crippen MR) is 76.6 cm³/mol. The largest absolute Gasteiger partial charge is 0.468 e. The van der Waals surface area contributed by atoms with E-state index in [4.69, 9.17) is 10.2 Å². The fraction of sp³-hybridized carbons (Fsp3) is 0.750. The zero-order valence-electron chi connectivity index (χ0n) is 11.9. The van der Waals surface area contributed by atoms with Crippen LogP contribution in [0.4, 0.5) is 0 Å². The topological polar surface area (TPSA) is 42.4 Å². The molecule has 3 heteroatoms. The van der Waals surface area contributed by atoms with E-state index in [1.54, 1.807) is 6.26 Å². The summed E-state index contributed by atoms with van der Waals surface area (Å²) < 4.78 is 5.57. The van der Waals surface area contributed by atoms with Crippen molar-refractivity contribution in [3.63, 3.8) is 0 Å². The van der Waals surface area contributed by atoms with Gasteiger partial charge in [-0.2, -0.15) is 0 Å². The zero-order valence-corrected chi connectivity index (χ0v) is 11.9. The number of hydrogen-bond donors (Lipinski definition) is 1. The van der Waals surface area contributed by atoms with Crippen LogP contribution in [0.2, 0.25) is 0 Å². The van der Waals surface area contributed by atoms with E-state index in [-0.39, 0.29) is 0 Å². The second-order valence-electron chi connectivity index (χ2n) is 6.41. The Kier molecular flexibility index (Phi) is 3.94. The van der Waals surface area contributed by atoms with Gasteiger partial charge in [-0.25, -0.2) is 0 Å². The minimum absolute atomic E-state index is 0.587.